The first-order chi connectivity index (χ1) is 21.1. The predicted molar refractivity (Wildman–Crippen MR) is 172 cm³/mol. The molecule has 0 radical (unpaired) electrons. The molecular formula is C33H36N6O4S. The Morgan fingerprint density at radius 2 is 1.77 bits per heavy atom. The zero-order valence-electron chi connectivity index (χ0n) is 24.7. The quantitative estimate of drug-likeness (QED) is 0.232. The van der Waals surface area contributed by atoms with Crippen molar-refractivity contribution in [2.75, 3.05) is 39.5 Å². The highest BCUT2D eigenvalue weighted by Gasteiger charge is 2.48. The van der Waals surface area contributed by atoms with E-state index in [0.717, 1.165) is 12.8 Å². The molecule has 3 unspecified atom stereocenters. The molecule has 3 aromatic carbocycles. The smallest absolute Gasteiger partial charge is 0.262 e. The summed E-state index contributed by atoms with van der Waals surface area (Å²) in [4.78, 5) is 44.5. The Morgan fingerprint density at radius 1 is 1.07 bits per heavy atom. The van der Waals surface area contributed by atoms with E-state index in [1.807, 2.05) is 49.3 Å². The Kier molecular flexibility index (Phi) is 7.89. The van der Waals surface area contributed by atoms with Gasteiger partial charge in [0, 0.05) is 35.8 Å². The van der Waals surface area contributed by atoms with Gasteiger partial charge in [-0.05, 0) is 68.4 Å². The highest BCUT2D eigenvalue weighted by molar-refractivity contribution is 7.21. The molecule has 0 spiro atoms. The van der Waals surface area contributed by atoms with Crippen molar-refractivity contribution in [2.45, 2.75) is 30.5 Å². The van der Waals surface area contributed by atoms with Crippen LogP contribution in [0.15, 0.2) is 66.7 Å². The normalized spacial score (nSPS) is 21.5. The number of carbonyl (C=O) groups is 3. The van der Waals surface area contributed by atoms with Crippen LogP contribution < -0.4 is 27.3 Å². The van der Waals surface area contributed by atoms with Gasteiger partial charge in [-0.1, -0.05) is 36.4 Å². The summed E-state index contributed by atoms with van der Waals surface area (Å²) in [5.74, 6) is 0.550. The second-order valence-electron chi connectivity index (χ2n) is 11.7. The Labute approximate surface area is 259 Å². The second-order valence-corrected chi connectivity index (χ2v) is 12.8. The molecule has 2 amide bonds. The molecule has 11 heteroatoms. The largest absolute Gasteiger partial charge is 0.457 e. The number of hydrogen-bond acceptors (Lipinski definition) is 9. The molecule has 1 aliphatic heterocycles. The number of Topliss-reactive ketones (excluding diaryl/α,β-unsaturated/α-hetero) is 1. The molecule has 1 saturated heterocycles. The van der Waals surface area contributed by atoms with Gasteiger partial charge in [0.15, 0.2) is 5.78 Å². The number of ketones is 1. The highest BCUT2D eigenvalue weighted by Crippen LogP contribution is 2.49. The molecule has 7 N–H and O–H groups in total. The molecule has 228 valence electrons. The van der Waals surface area contributed by atoms with E-state index in [1.54, 1.807) is 41.3 Å². The van der Waals surface area contributed by atoms with Crippen LogP contribution in [-0.4, -0.2) is 67.2 Å². The van der Waals surface area contributed by atoms with Gasteiger partial charge in [0.05, 0.1) is 22.2 Å². The number of hydrogen-bond donors (Lipinski definition) is 4. The van der Waals surface area contributed by atoms with E-state index in [-0.39, 0.29) is 17.9 Å². The number of anilines is 1. The van der Waals surface area contributed by atoms with E-state index in [2.05, 4.69) is 5.32 Å². The van der Waals surface area contributed by atoms with Gasteiger partial charge in [-0.2, -0.15) is 0 Å². The average molecular weight is 613 g/mol. The first-order valence-electron chi connectivity index (χ1n) is 14.6. The van der Waals surface area contributed by atoms with Gasteiger partial charge in [0.2, 0.25) is 5.91 Å². The standard InChI is InChI=1S/C33H36N6O4S/c1-38(2)18-25(40)39-16-6-7-20(17-39)37-32(42)30-27-26-23(14-15-24(34)29(26)44-30)33(36,31(41)28(27)35)19-10-12-22(13-11-19)43-21-8-4-3-5-9-21/h3-5,8-15,20,28H,6-7,16-18,34-36H2,1-2H3,(H,37,42). The van der Waals surface area contributed by atoms with Gasteiger partial charge in [-0.3, -0.25) is 14.4 Å². The van der Waals surface area contributed by atoms with Crippen molar-refractivity contribution in [1.29, 1.82) is 0 Å². The molecule has 4 aromatic rings. The van der Waals surface area contributed by atoms with Crippen LogP contribution in [-0.2, 0) is 15.1 Å². The number of para-hydroxylation sites is 1. The molecule has 1 aliphatic carbocycles. The lowest BCUT2D eigenvalue weighted by Gasteiger charge is -2.37. The second kappa shape index (κ2) is 11.7. The summed E-state index contributed by atoms with van der Waals surface area (Å²) in [5, 5.41) is 3.74. The summed E-state index contributed by atoms with van der Waals surface area (Å²) in [6.45, 7) is 1.39. The number of likely N-dealkylation sites (N-methyl/N-ethyl adjacent to an activating group) is 1. The number of benzene rings is 3. The van der Waals surface area contributed by atoms with E-state index in [1.165, 1.54) is 11.3 Å². The number of amides is 2. The molecular weight excluding hydrogens is 576 g/mol. The highest BCUT2D eigenvalue weighted by atomic mass is 32.1. The molecule has 3 atom stereocenters. The first kappa shape index (κ1) is 29.8. The zero-order chi connectivity index (χ0) is 31.2. The Bertz CT molecular complexity index is 1740. The van der Waals surface area contributed by atoms with Crippen molar-refractivity contribution < 1.29 is 19.1 Å². The molecule has 6 rings (SSSR count). The van der Waals surface area contributed by atoms with Crippen LogP contribution in [0.1, 0.15) is 45.2 Å². The fourth-order valence-electron chi connectivity index (χ4n) is 6.20. The van der Waals surface area contributed by atoms with Crippen LogP contribution in [0.3, 0.4) is 0 Å². The summed E-state index contributed by atoms with van der Waals surface area (Å²) in [6.07, 6.45) is 1.52. The number of rotatable bonds is 7. The number of carbonyl (C=O) groups excluding carboxylic acids is 3. The zero-order valence-corrected chi connectivity index (χ0v) is 25.5. The van der Waals surface area contributed by atoms with Gasteiger partial charge < -0.3 is 37.1 Å². The van der Waals surface area contributed by atoms with E-state index >= 15 is 0 Å². The van der Waals surface area contributed by atoms with Crippen LogP contribution in [0.4, 0.5) is 5.69 Å². The maximum atomic E-state index is 14.1. The Hall–Kier alpha value is -4.29. The minimum absolute atomic E-state index is 0.0230. The van der Waals surface area contributed by atoms with Crippen molar-refractivity contribution in [1.82, 2.24) is 15.1 Å². The van der Waals surface area contributed by atoms with E-state index in [0.29, 0.717) is 68.5 Å². The molecule has 0 saturated carbocycles. The summed E-state index contributed by atoms with van der Waals surface area (Å²) in [5.41, 5.74) is 20.5. The van der Waals surface area contributed by atoms with Crippen LogP contribution in [0.2, 0.25) is 0 Å². The van der Waals surface area contributed by atoms with Crippen LogP contribution >= 0.6 is 11.3 Å². The van der Waals surface area contributed by atoms with Gasteiger partial charge in [0.1, 0.15) is 17.0 Å². The molecule has 2 heterocycles. The molecule has 0 bridgehead atoms. The van der Waals surface area contributed by atoms with Crippen molar-refractivity contribution in [3.63, 3.8) is 0 Å². The van der Waals surface area contributed by atoms with Crippen molar-refractivity contribution in [2.24, 2.45) is 11.5 Å². The monoisotopic (exact) mass is 612 g/mol. The van der Waals surface area contributed by atoms with E-state index < -0.39 is 17.4 Å². The van der Waals surface area contributed by atoms with E-state index in [9.17, 15) is 14.4 Å². The number of nitrogens with two attached hydrogens (primary N) is 3. The fourth-order valence-corrected chi connectivity index (χ4v) is 7.40. The lowest BCUT2D eigenvalue weighted by molar-refractivity contribution is -0.133. The van der Waals surface area contributed by atoms with Gasteiger partial charge >= 0.3 is 0 Å². The van der Waals surface area contributed by atoms with Gasteiger partial charge in [-0.25, -0.2) is 0 Å². The third kappa shape index (κ3) is 5.22. The molecule has 44 heavy (non-hydrogen) atoms. The lowest BCUT2D eigenvalue weighted by atomic mass is 9.70. The molecule has 1 aromatic heterocycles. The third-order valence-corrected chi connectivity index (χ3v) is 9.62. The van der Waals surface area contributed by atoms with E-state index in [4.69, 9.17) is 21.9 Å². The first-order valence-corrected chi connectivity index (χ1v) is 15.4. The van der Waals surface area contributed by atoms with Crippen molar-refractivity contribution in [3.05, 3.63) is 88.3 Å². The SMILES string of the molecule is CN(C)CC(=O)N1CCCC(NC(=O)c2sc3c(N)ccc4c3c2C(N)C(=O)C4(N)c2ccc(Oc3ccccc3)cc2)C1. The number of thiophene rings is 1. The number of piperidine rings is 1. The summed E-state index contributed by atoms with van der Waals surface area (Å²) in [7, 11) is 3.70. The number of nitrogens with zero attached hydrogens (tertiary/aromatic N) is 2. The average Bonchev–Trinajstić information content (AvgIpc) is 3.42. The number of nitrogens with one attached hydrogen (secondary N) is 1. The Morgan fingerprint density at radius 3 is 2.48 bits per heavy atom. The minimum Gasteiger partial charge on any atom is -0.457 e. The van der Waals surface area contributed by atoms with Crippen LogP contribution in [0, 0.1) is 0 Å². The summed E-state index contributed by atoms with van der Waals surface area (Å²) >= 11 is 1.21. The van der Waals surface area contributed by atoms with Crippen molar-refractivity contribution in [3.8, 4) is 11.5 Å². The Balaban J connectivity index is 1.33. The maximum Gasteiger partial charge on any atom is 0.262 e. The third-order valence-electron chi connectivity index (χ3n) is 8.37. The predicted octanol–water partition coefficient (Wildman–Crippen LogP) is 3.34. The lowest BCUT2D eigenvalue weighted by Crippen LogP contribution is -2.53. The minimum atomic E-state index is -1.56. The molecule has 1 fully saturated rings. The summed E-state index contributed by atoms with van der Waals surface area (Å²) < 4.78 is 6.59. The number of nitrogen functional groups attached to an aromatic ring is 1. The van der Waals surface area contributed by atoms with Crippen molar-refractivity contribution >= 4 is 44.7 Å². The number of ether oxygens (including phenoxy) is 1. The van der Waals surface area contributed by atoms with Gasteiger partial charge in [0.25, 0.3) is 5.91 Å². The maximum absolute atomic E-state index is 14.1. The van der Waals surface area contributed by atoms with Crippen LogP contribution in [0.5, 0.6) is 11.5 Å². The summed E-state index contributed by atoms with van der Waals surface area (Å²) in [6, 6.07) is 18.6. The number of likely N-dealkylation sites (tertiary alicyclic amines) is 1. The molecule has 2 aliphatic rings. The van der Waals surface area contributed by atoms with Crippen LogP contribution in [0.25, 0.3) is 10.1 Å². The fraction of sp³-hybridized carbons (Fsp3) is 0.303. The topological polar surface area (TPSA) is 157 Å². The van der Waals surface area contributed by atoms with Gasteiger partial charge in [-0.15, -0.1) is 11.3 Å². The molecule has 10 nitrogen and oxygen atoms in total.